The Morgan fingerprint density at radius 3 is 2.75 bits per heavy atom. The third-order valence-electron chi connectivity index (χ3n) is 3.31. The number of amides is 1. The second-order valence-corrected chi connectivity index (χ2v) is 6.64. The number of hydrogen-bond donors (Lipinski definition) is 1. The van der Waals surface area contributed by atoms with Gasteiger partial charge in [0, 0.05) is 24.7 Å². The number of carbonyl (C=O) groups excluding carboxylic acids is 1. The van der Waals surface area contributed by atoms with Crippen molar-refractivity contribution < 1.29 is 4.79 Å². The molecule has 0 atom stereocenters. The predicted molar refractivity (Wildman–Crippen MR) is 86.6 cm³/mol. The van der Waals surface area contributed by atoms with Gasteiger partial charge in [-0.15, -0.1) is 16.4 Å². The average molecular weight is 310 g/mol. The second-order valence-electron chi connectivity index (χ2n) is 4.65. The van der Waals surface area contributed by atoms with Gasteiger partial charge in [0.05, 0.1) is 11.4 Å². The lowest BCUT2D eigenvalue weighted by atomic mass is 10.1. The number of nitrogens with zero attached hydrogens (tertiary/aromatic N) is 3. The van der Waals surface area contributed by atoms with Crippen molar-refractivity contribution in [2.45, 2.75) is 13.8 Å². The van der Waals surface area contributed by atoms with Gasteiger partial charge < -0.3 is 10.6 Å². The summed E-state index contributed by atoms with van der Waals surface area (Å²) in [6.45, 7) is 4.56. The van der Waals surface area contributed by atoms with Crippen molar-refractivity contribution in [1.82, 2.24) is 15.1 Å². The van der Waals surface area contributed by atoms with Crippen LogP contribution < -0.4 is 5.73 Å². The SMILES string of the molecule is CSCCN(C)C(=O)c1sc2nnc(C)c(C)c2c1N. The van der Waals surface area contributed by atoms with Crippen LogP contribution in [0.4, 0.5) is 5.69 Å². The van der Waals surface area contributed by atoms with E-state index in [4.69, 9.17) is 5.73 Å². The number of fused-ring (bicyclic) bond motifs is 1. The monoisotopic (exact) mass is 310 g/mol. The molecule has 0 bridgehead atoms. The summed E-state index contributed by atoms with van der Waals surface area (Å²) in [4.78, 5) is 15.4. The van der Waals surface area contributed by atoms with Gasteiger partial charge in [-0.2, -0.15) is 16.9 Å². The van der Waals surface area contributed by atoms with Gasteiger partial charge in [-0.3, -0.25) is 4.79 Å². The molecule has 0 aliphatic rings. The van der Waals surface area contributed by atoms with E-state index in [2.05, 4.69) is 10.2 Å². The minimum absolute atomic E-state index is 0.0448. The minimum atomic E-state index is -0.0448. The van der Waals surface area contributed by atoms with Crippen LogP contribution in [0.3, 0.4) is 0 Å². The molecule has 0 radical (unpaired) electrons. The first-order valence-corrected chi connectivity index (χ1v) is 8.44. The summed E-state index contributed by atoms with van der Waals surface area (Å²) in [7, 11) is 1.80. The molecule has 0 aliphatic carbocycles. The highest BCUT2D eigenvalue weighted by molar-refractivity contribution is 7.98. The van der Waals surface area contributed by atoms with Gasteiger partial charge >= 0.3 is 0 Å². The Morgan fingerprint density at radius 1 is 1.40 bits per heavy atom. The number of nitrogens with two attached hydrogens (primary N) is 1. The molecular weight excluding hydrogens is 292 g/mol. The van der Waals surface area contributed by atoms with E-state index in [-0.39, 0.29) is 5.91 Å². The van der Waals surface area contributed by atoms with Gasteiger partial charge in [-0.05, 0) is 25.7 Å². The molecule has 2 N–H and O–H groups in total. The number of carbonyl (C=O) groups is 1. The van der Waals surface area contributed by atoms with E-state index in [1.165, 1.54) is 11.3 Å². The Bertz CT molecular complexity index is 653. The summed E-state index contributed by atoms with van der Waals surface area (Å²) < 4.78 is 0. The average Bonchev–Trinajstić information content (AvgIpc) is 2.77. The molecule has 1 amide bonds. The largest absolute Gasteiger partial charge is 0.397 e. The summed E-state index contributed by atoms with van der Waals surface area (Å²) in [5.41, 5.74) is 8.53. The highest BCUT2D eigenvalue weighted by Crippen LogP contribution is 2.35. The molecule has 0 aliphatic heterocycles. The van der Waals surface area contributed by atoms with Gasteiger partial charge in [0.2, 0.25) is 0 Å². The number of thioether (sulfide) groups is 1. The topological polar surface area (TPSA) is 72.1 Å². The Hall–Kier alpha value is -1.34. The zero-order chi connectivity index (χ0) is 14.9. The number of hydrogen-bond acceptors (Lipinski definition) is 6. The lowest BCUT2D eigenvalue weighted by Gasteiger charge is -2.15. The van der Waals surface area contributed by atoms with Gasteiger partial charge in [0.25, 0.3) is 5.91 Å². The van der Waals surface area contributed by atoms with Crippen LogP contribution in [0.25, 0.3) is 10.2 Å². The fourth-order valence-electron chi connectivity index (χ4n) is 1.90. The smallest absolute Gasteiger partial charge is 0.265 e. The van der Waals surface area contributed by atoms with E-state index in [1.807, 2.05) is 20.1 Å². The normalized spacial score (nSPS) is 11.0. The van der Waals surface area contributed by atoms with Crippen LogP contribution in [0.2, 0.25) is 0 Å². The molecule has 20 heavy (non-hydrogen) atoms. The van der Waals surface area contributed by atoms with Gasteiger partial charge in [-0.1, -0.05) is 0 Å². The molecule has 0 saturated carbocycles. The minimum Gasteiger partial charge on any atom is -0.397 e. The predicted octanol–water partition coefficient (Wildman–Crippen LogP) is 2.33. The van der Waals surface area contributed by atoms with E-state index in [9.17, 15) is 4.79 Å². The Kier molecular flexibility index (Phi) is 4.49. The Morgan fingerprint density at radius 2 is 2.10 bits per heavy atom. The first-order valence-electron chi connectivity index (χ1n) is 6.23. The number of thiophene rings is 1. The third kappa shape index (κ3) is 2.60. The first-order chi connectivity index (χ1) is 9.47. The quantitative estimate of drug-likeness (QED) is 0.938. The molecule has 0 unspecified atom stereocenters. The summed E-state index contributed by atoms with van der Waals surface area (Å²) in [6, 6.07) is 0. The Balaban J connectivity index is 2.43. The molecule has 0 spiro atoms. The number of nitrogen functional groups attached to an aromatic ring is 1. The summed E-state index contributed by atoms with van der Waals surface area (Å²) >= 11 is 3.03. The Labute approximate surface area is 126 Å². The van der Waals surface area contributed by atoms with Crippen molar-refractivity contribution in [1.29, 1.82) is 0 Å². The molecule has 108 valence electrons. The molecule has 0 aromatic carbocycles. The number of aromatic nitrogens is 2. The molecule has 2 heterocycles. The highest BCUT2D eigenvalue weighted by atomic mass is 32.2. The zero-order valence-corrected chi connectivity index (χ0v) is 13.7. The van der Waals surface area contributed by atoms with E-state index < -0.39 is 0 Å². The fraction of sp³-hybridized carbons (Fsp3) is 0.462. The molecule has 2 rings (SSSR count). The number of aryl methyl sites for hydroxylation is 2. The van der Waals surface area contributed by atoms with E-state index in [1.54, 1.807) is 23.7 Å². The molecule has 0 fully saturated rings. The molecule has 2 aromatic heterocycles. The lowest BCUT2D eigenvalue weighted by Crippen LogP contribution is -2.28. The molecule has 2 aromatic rings. The van der Waals surface area contributed by atoms with Crippen molar-refractivity contribution >= 4 is 44.9 Å². The van der Waals surface area contributed by atoms with Crippen molar-refractivity contribution in [3.05, 3.63) is 16.1 Å². The maximum Gasteiger partial charge on any atom is 0.265 e. The molecule has 0 saturated heterocycles. The standard InChI is InChI=1S/C13H18N4OS2/c1-7-8(2)15-16-12-9(7)10(14)11(20-12)13(18)17(3)5-6-19-4/h5-6,14H2,1-4H3. The van der Waals surface area contributed by atoms with Crippen molar-refractivity contribution in [3.8, 4) is 0 Å². The van der Waals surface area contributed by atoms with Crippen LogP contribution >= 0.6 is 23.1 Å². The summed E-state index contributed by atoms with van der Waals surface area (Å²) in [5.74, 6) is 0.863. The van der Waals surface area contributed by atoms with Crippen LogP contribution in [-0.4, -0.2) is 46.6 Å². The molecular formula is C13H18N4OS2. The van der Waals surface area contributed by atoms with E-state index in [0.29, 0.717) is 17.1 Å². The fourth-order valence-corrected chi connectivity index (χ4v) is 3.45. The van der Waals surface area contributed by atoms with E-state index >= 15 is 0 Å². The number of anilines is 1. The van der Waals surface area contributed by atoms with Crippen LogP contribution in [0.1, 0.15) is 20.9 Å². The zero-order valence-electron chi connectivity index (χ0n) is 12.1. The molecule has 7 heteroatoms. The lowest BCUT2D eigenvalue weighted by molar-refractivity contribution is 0.0809. The summed E-state index contributed by atoms with van der Waals surface area (Å²) in [5, 5.41) is 9.10. The maximum atomic E-state index is 12.4. The van der Waals surface area contributed by atoms with Gasteiger partial charge in [0.15, 0.2) is 0 Å². The third-order valence-corrected chi connectivity index (χ3v) is 4.98. The van der Waals surface area contributed by atoms with Crippen LogP contribution in [0, 0.1) is 13.8 Å². The maximum absolute atomic E-state index is 12.4. The van der Waals surface area contributed by atoms with E-state index in [0.717, 1.165) is 27.2 Å². The van der Waals surface area contributed by atoms with Gasteiger partial charge in [-0.25, -0.2) is 0 Å². The van der Waals surface area contributed by atoms with Gasteiger partial charge in [0.1, 0.15) is 9.71 Å². The number of rotatable bonds is 4. The molecule has 5 nitrogen and oxygen atoms in total. The summed E-state index contributed by atoms with van der Waals surface area (Å²) in [6.07, 6.45) is 2.02. The second kappa shape index (κ2) is 5.97. The van der Waals surface area contributed by atoms with Crippen LogP contribution in [0.15, 0.2) is 0 Å². The van der Waals surface area contributed by atoms with Crippen LogP contribution in [0.5, 0.6) is 0 Å². The highest BCUT2D eigenvalue weighted by Gasteiger charge is 2.22. The van der Waals surface area contributed by atoms with Crippen molar-refractivity contribution in [2.24, 2.45) is 0 Å². The first kappa shape index (κ1) is 15.1. The van der Waals surface area contributed by atoms with Crippen LogP contribution in [-0.2, 0) is 0 Å². The van der Waals surface area contributed by atoms with Crippen molar-refractivity contribution in [2.75, 3.05) is 31.3 Å². The van der Waals surface area contributed by atoms with Crippen molar-refractivity contribution in [3.63, 3.8) is 0 Å².